The second-order valence-electron chi connectivity index (χ2n) is 5.99. The maximum atomic E-state index is 12.4. The molecule has 1 aliphatic rings. The van der Waals surface area contributed by atoms with Crippen molar-refractivity contribution in [3.8, 4) is 5.88 Å². The van der Waals surface area contributed by atoms with Crippen molar-refractivity contribution in [3.63, 3.8) is 0 Å². The number of carbonyl (C=O) groups is 1. The molecule has 6 heteroatoms. The maximum absolute atomic E-state index is 12.4. The molecule has 25 heavy (non-hydrogen) atoms. The summed E-state index contributed by atoms with van der Waals surface area (Å²) in [6, 6.07) is 7.37. The lowest BCUT2D eigenvalue weighted by atomic mass is 10.2. The third-order valence-electron chi connectivity index (χ3n) is 4.16. The number of thioether (sulfide) groups is 1. The minimum absolute atomic E-state index is 0.115. The summed E-state index contributed by atoms with van der Waals surface area (Å²) in [5.41, 5.74) is 1.52. The smallest absolute Gasteiger partial charge is 0.251 e. The molecule has 0 aromatic carbocycles. The number of aromatic nitrogens is 2. The molecule has 1 fully saturated rings. The number of hydrogen-bond acceptors (Lipinski definition) is 5. The Balaban J connectivity index is 1.63. The minimum Gasteiger partial charge on any atom is -0.474 e. The van der Waals surface area contributed by atoms with E-state index < -0.39 is 0 Å². The number of nitrogens with one attached hydrogen (secondary N) is 1. The fourth-order valence-corrected chi connectivity index (χ4v) is 3.53. The molecule has 0 atom stereocenters. The summed E-state index contributed by atoms with van der Waals surface area (Å²) in [6.07, 6.45) is 8.23. The molecule has 1 N–H and O–H groups in total. The topological polar surface area (TPSA) is 64.1 Å². The molecule has 1 saturated carbocycles. The molecule has 132 valence electrons. The number of hydrogen-bond donors (Lipinski definition) is 1. The van der Waals surface area contributed by atoms with Gasteiger partial charge in [-0.1, -0.05) is 13.0 Å². The molecule has 0 spiro atoms. The van der Waals surface area contributed by atoms with Crippen molar-refractivity contribution >= 4 is 17.7 Å². The molecule has 3 rings (SSSR count). The second kappa shape index (κ2) is 8.85. The standard InChI is InChI=1S/C19H23N3O2S/c1-2-25-17-12-14(9-11-20-17)18(23)22-13-15-6-5-10-21-19(15)24-16-7-3-4-8-16/h5-6,9-12,16H,2-4,7-8,13H2,1H3,(H,22,23). The highest BCUT2D eigenvalue weighted by Crippen LogP contribution is 2.25. The van der Waals surface area contributed by atoms with Gasteiger partial charge in [-0.15, -0.1) is 11.8 Å². The summed E-state index contributed by atoms with van der Waals surface area (Å²) in [5.74, 6) is 1.44. The Morgan fingerprint density at radius 3 is 2.92 bits per heavy atom. The van der Waals surface area contributed by atoms with Crippen LogP contribution in [0.3, 0.4) is 0 Å². The van der Waals surface area contributed by atoms with E-state index in [1.165, 1.54) is 12.8 Å². The van der Waals surface area contributed by atoms with E-state index in [4.69, 9.17) is 4.74 Å². The highest BCUT2D eigenvalue weighted by atomic mass is 32.2. The summed E-state index contributed by atoms with van der Waals surface area (Å²) < 4.78 is 6.02. The first-order valence-electron chi connectivity index (χ1n) is 8.74. The van der Waals surface area contributed by atoms with E-state index in [-0.39, 0.29) is 12.0 Å². The molecule has 2 heterocycles. The predicted molar refractivity (Wildman–Crippen MR) is 98.9 cm³/mol. The fourth-order valence-electron chi connectivity index (χ4n) is 2.88. The SMILES string of the molecule is CCSc1cc(C(=O)NCc2cccnc2OC2CCCC2)ccn1. The summed E-state index contributed by atoms with van der Waals surface area (Å²) in [6.45, 7) is 2.46. The van der Waals surface area contributed by atoms with Crippen molar-refractivity contribution in [1.29, 1.82) is 0 Å². The lowest BCUT2D eigenvalue weighted by Gasteiger charge is -2.15. The second-order valence-corrected chi connectivity index (χ2v) is 7.27. The van der Waals surface area contributed by atoms with E-state index in [2.05, 4.69) is 22.2 Å². The molecular formula is C19H23N3O2S. The van der Waals surface area contributed by atoms with E-state index in [0.29, 0.717) is 18.0 Å². The Bertz CT molecular complexity index is 717. The molecule has 1 aliphatic carbocycles. The fraction of sp³-hybridized carbons (Fsp3) is 0.421. The van der Waals surface area contributed by atoms with Crippen LogP contribution < -0.4 is 10.1 Å². The van der Waals surface area contributed by atoms with Gasteiger partial charge in [0.1, 0.15) is 6.10 Å². The number of ether oxygens (including phenoxy) is 1. The van der Waals surface area contributed by atoms with Crippen LogP contribution in [0.1, 0.15) is 48.5 Å². The molecule has 0 unspecified atom stereocenters. The van der Waals surface area contributed by atoms with Crippen molar-refractivity contribution < 1.29 is 9.53 Å². The van der Waals surface area contributed by atoms with Crippen molar-refractivity contribution in [1.82, 2.24) is 15.3 Å². The minimum atomic E-state index is -0.115. The van der Waals surface area contributed by atoms with Crippen LogP contribution in [0.2, 0.25) is 0 Å². The average Bonchev–Trinajstić information content (AvgIpc) is 3.14. The van der Waals surface area contributed by atoms with Crippen LogP contribution in [0.4, 0.5) is 0 Å². The Hall–Kier alpha value is -2.08. The predicted octanol–water partition coefficient (Wildman–Crippen LogP) is 3.84. The first kappa shape index (κ1) is 17.7. The van der Waals surface area contributed by atoms with Gasteiger partial charge in [-0.2, -0.15) is 0 Å². The molecule has 0 bridgehead atoms. The zero-order valence-electron chi connectivity index (χ0n) is 14.4. The highest BCUT2D eigenvalue weighted by Gasteiger charge is 2.18. The van der Waals surface area contributed by atoms with Crippen molar-refractivity contribution in [3.05, 3.63) is 47.8 Å². The van der Waals surface area contributed by atoms with Gasteiger partial charge in [-0.25, -0.2) is 9.97 Å². The van der Waals surface area contributed by atoms with Crippen molar-refractivity contribution in [2.24, 2.45) is 0 Å². The van der Waals surface area contributed by atoms with E-state index in [9.17, 15) is 4.79 Å². The van der Waals surface area contributed by atoms with Crippen LogP contribution in [-0.4, -0.2) is 27.7 Å². The molecule has 2 aromatic rings. The Kier molecular flexibility index (Phi) is 6.28. The van der Waals surface area contributed by atoms with Crippen molar-refractivity contribution in [2.75, 3.05) is 5.75 Å². The zero-order chi connectivity index (χ0) is 17.5. The third-order valence-corrected chi connectivity index (χ3v) is 4.97. The molecule has 0 saturated heterocycles. The summed E-state index contributed by atoms with van der Waals surface area (Å²) >= 11 is 1.62. The van der Waals surface area contributed by atoms with Gasteiger partial charge in [0, 0.05) is 30.1 Å². The lowest BCUT2D eigenvalue weighted by molar-refractivity contribution is 0.0950. The van der Waals surface area contributed by atoms with Gasteiger partial charge in [0.05, 0.1) is 5.03 Å². The molecule has 1 amide bonds. The Morgan fingerprint density at radius 2 is 2.12 bits per heavy atom. The van der Waals surface area contributed by atoms with Gasteiger partial charge >= 0.3 is 0 Å². The first-order valence-corrected chi connectivity index (χ1v) is 9.72. The van der Waals surface area contributed by atoms with Gasteiger partial charge in [0.15, 0.2) is 0 Å². The number of amides is 1. The Morgan fingerprint density at radius 1 is 1.28 bits per heavy atom. The van der Waals surface area contributed by atoms with Crippen LogP contribution in [0.25, 0.3) is 0 Å². The van der Waals surface area contributed by atoms with E-state index >= 15 is 0 Å². The van der Waals surface area contributed by atoms with Crippen LogP contribution in [-0.2, 0) is 6.54 Å². The highest BCUT2D eigenvalue weighted by molar-refractivity contribution is 7.99. The number of carbonyl (C=O) groups excluding carboxylic acids is 1. The molecule has 2 aromatic heterocycles. The van der Waals surface area contributed by atoms with Gasteiger partial charge < -0.3 is 10.1 Å². The monoisotopic (exact) mass is 357 g/mol. The van der Waals surface area contributed by atoms with E-state index in [1.807, 2.05) is 18.2 Å². The van der Waals surface area contributed by atoms with Gasteiger partial charge in [0.25, 0.3) is 5.91 Å². The quantitative estimate of drug-likeness (QED) is 0.763. The summed E-state index contributed by atoms with van der Waals surface area (Å²) in [7, 11) is 0. The van der Waals surface area contributed by atoms with Gasteiger partial charge in [-0.3, -0.25) is 4.79 Å². The number of rotatable bonds is 7. The van der Waals surface area contributed by atoms with Crippen LogP contribution in [0.5, 0.6) is 5.88 Å². The third kappa shape index (κ3) is 4.95. The van der Waals surface area contributed by atoms with Crippen LogP contribution >= 0.6 is 11.8 Å². The zero-order valence-corrected chi connectivity index (χ0v) is 15.2. The maximum Gasteiger partial charge on any atom is 0.251 e. The summed E-state index contributed by atoms with van der Waals surface area (Å²) in [5, 5.41) is 3.82. The first-order chi connectivity index (χ1) is 12.3. The lowest BCUT2D eigenvalue weighted by Crippen LogP contribution is -2.24. The number of nitrogens with zero attached hydrogens (tertiary/aromatic N) is 2. The largest absolute Gasteiger partial charge is 0.474 e. The van der Waals surface area contributed by atoms with Crippen molar-refractivity contribution in [2.45, 2.75) is 50.3 Å². The van der Waals surface area contributed by atoms with Gasteiger partial charge in [-0.05, 0) is 49.6 Å². The molecular weight excluding hydrogens is 334 g/mol. The summed E-state index contributed by atoms with van der Waals surface area (Å²) in [4.78, 5) is 21.0. The Labute approximate surface area is 152 Å². The average molecular weight is 357 g/mol. The van der Waals surface area contributed by atoms with Crippen LogP contribution in [0, 0.1) is 0 Å². The van der Waals surface area contributed by atoms with E-state index in [0.717, 1.165) is 29.2 Å². The normalized spacial score (nSPS) is 14.4. The number of pyridine rings is 2. The molecule has 5 nitrogen and oxygen atoms in total. The molecule has 0 radical (unpaired) electrons. The van der Waals surface area contributed by atoms with E-state index in [1.54, 1.807) is 30.2 Å². The molecule has 0 aliphatic heterocycles. The van der Waals surface area contributed by atoms with Crippen LogP contribution in [0.15, 0.2) is 41.7 Å². The van der Waals surface area contributed by atoms with Gasteiger partial charge in [0.2, 0.25) is 5.88 Å².